The van der Waals surface area contributed by atoms with Gasteiger partial charge in [-0.2, -0.15) is 0 Å². The molecule has 174 valence electrons. The van der Waals surface area contributed by atoms with Crippen LogP contribution in [0.5, 0.6) is 0 Å². The molecule has 2 unspecified atom stereocenters. The van der Waals surface area contributed by atoms with Gasteiger partial charge in [-0.25, -0.2) is 0 Å². The molecule has 0 bridgehead atoms. The number of hydrogen-bond acceptors (Lipinski definition) is 6. The zero-order valence-electron chi connectivity index (χ0n) is 19.4. The zero-order valence-corrected chi connectivity index (χ0v) is 19.4. The van der Waals surface area contributed by atoms with E-state index in [1.54, 1.807) is 0 Å². The highest BCUT2D eigenvalue weighted by molar-refractivity contribution is 5.92. The first kappa shape index (κ1) is 23.0. The van der Waals surface area contributed by atoms with Gasteiger partial charge < -0.3 is 15.0 Å². The fourth-order valence-electron chi connectivity index (χ4n) is 5.25. The van der Waals surface area contributed by atoms with Crippen molar-refractivity contribution in [3.63, 3.8) is 0 Å². The number of anilines is 1. The minimum absolute atomic E-state index is 0.0182. The minimum atomic E-state index is -0.448. The highest BCUT2D eigenvalue weighted by Crippen LogP contribution is 2.52. The molecule has 4 rings (SSSR count). The van der Waals surface area contributed by atoms with Crippen molar-refractivity contribution in [3.05, 3.63) is 42.0 Å². The molecular weight excluding hydrogens is 404 g/mol. The van der Waals surface area contributed by atoms with Crippen molar-refractivity contribution in [2.45, 2.75) is 19.3 Å². The summed E-state index contributed by atoms with van der Waals surface area (Å²) in [6.07, 6.45) is 2.27. The summed E-state index contributed by atoms with van der Waals surface area (Å²) < 4.78 is 5.38. The van der Waals surface area contributed by atoms with E-state index in [-0.39, 0.29) is 17.8 Å². The van der Waals surface area contributed by atoms with Gasteiger partial charge >= 0.3 is 5.97 Å². The molecule has 1 saturated carbocycles. The van der Waals surface area contributed by atoms with Crippen molar-refractivity contribution < 1.29 is 14.3 Å². The molecule has 7 nitrogen and oxygen atoms in total. The average molecular weight is 441 g/mol. The molecule has 3 aliphatic rings. The van der Waals surface area contributed by atoms with Crippen molar-refractivity contribution in [2.75, 3.05) is 71.8 Å². The summed E-state index contributed by atoms with van der Waals surface area (Å²) in [5, 5.41) is 3.02. The molecule has 1 amide bonds. The maximum absolute atomic E-state index is 12.5. The molecule has 1 aliphatic carbocycles. The Labute approximate surface area is 191 Å². The Morgan fingerprint density at radius 1 is 1.19 bits per heavy atom. The van der Waals surface area contributed by atoms with E-state index in [0.717, 1.165) is 68.9 Å². The van der Waals surface area contributed by atoms with Crippen LogP contribution in [-0.4, -0.2) is 93.1 Å². The van der Waals surface area contributed by atoms with Crippen LogP contribution in [-0.2, 0) is 20.7 Å². The van der Waals surface area contributed by atoms with Gasteiger partial charge in [0.05, 0.1) is 18.6 Å². The van der Waals surface area contributed by atoms with E-state index in [4.69, 9.17) is 4.74 Å². The molecule has 2 atom stereocenters. The Morgan fingerprint density at radius 3 is 2.56 bits per heavy atom. The number of rotatable bonds is 8. The highest BCUT2D eigenvalue weighted by Gasteiger charge is 2.55. The molecule has 1 N–H and O–H groups in total. The number of ether oxygens (including phenoxy) is 1. The number of fused-ring (bicyclic) bond motifs is 1. The number of allylic oxidation sites excluding steroid dienone is 1. The summed E-state index contributed by atoms with van der Waals surface area (Å²) in [6, 6.07) is 7.89. The maximum Gasteiger partial charge on any atom is 0.313 e. The number of carbonyl (C=O) groups is 2. The normalized spacial score (nSPS) is 26.4. The summed E-state index contributed by atoms with van der Waals surface area (Å²) in [7, 11) is 4.19. The van der Waals surface area contributed by atoms with E-state index in [9.17, 15) is 9.59 Å². The number of amides is 1. The highest BCUT2D eigenvalue weighted by atomic mass is 16.5. The number of esters is 1. The standard InChI is InChI=1S/C25H36N4O3/c1-19-14-21-18-32-24(31)25(21,15-19)16-20-4-6-22(7-5-20)26-23(30)17-29-12-10-28(11-13-29)9-8-27(2)3/h4-7,21H,1,8-18H2,2-3H3,(H,26,30). The van der Waals surface area contributed by atoms with E-state index in [1.807, 2.05) is 24.3 Å². The molecule has 0 radical (unpaired) electrons. The van der Waals surface area contributed by atoms with Gasteiger partial charge in [0.1, 0.15) is 0 Å². The monoisotopic (exact) mass is 440 g/mol. The molecule has 32 heavy (non-hydrogen) atoms. The predicted molar refractivity (Wildman–Crippen MR) is 125 cm³/mol. The number of nitrogens with one attached hydrogen (secondary N) is 1. The summed E-state index contributed by atoms with van der Waals surface area (Å²) in [4.78, 5) is 31.9. The number of benzene rings is 1. The van der Waals surface area contributed by atoms with Gasteiger partial charge in [0.2, 0.25) is 5.91 Å². The Hall–Kier alpha value is -2.22. The Kier molecular flexibility index (Phi) is 6.98. The molecule has 7 heteroatoms. The summed E-state index contributed by atoms with van der Waals surface area (Å²) >= 11 is 0. The Balaban J connectivity index is 1.25. The van der Waals surface area contributed by atoms with Crippen LogP contribution in [0.3, 0.4) is 0 Å². The largest absolute Gasteiger partial charge is 0.465 e. The average Bonchev–Trinajstić information content (AvgIpc) is 3.22. The summed E-state index contributed by atoms with van der Waals surface area (Å²) in [5.74, 6) is 0.176. The SMILES string of the molecule is C=C1CC2COC(=O)C2(Cc2ccc(NC(=O)CN3CCN(CCN(C)C)CC3)cc2)C1. The van der Waals surface area contributed by atoms with Gasteiger partial charge in [0.25, 0.3) is 0 Å². The first-order valence-corrected chi connectivity index (χ1v) is 11.7. The lowest BCUT2D eigenvalue weighted by atomic mass is 9.75. The van der Waals surface area contributed by atoms with Crippen LogP contribution < -0.4 is 5.32 Å². The molecule has 0 spiro atoms. The van der Waals surface area contributed by atoms with Crippen LogP contribution in [0.1, 0.15) is 18.4 Å². The first-order chi connectivity index (χ1) is 15.3. The molecule has 2 heterocycles. The van der Waals surface area contributed by atoms with Crippen molar-refractivity contribution in [1.82, 2.24) is 14.7 Å². The second-order valence-corrected chi connectivity index (χ2v) is 9.93. The second kappa shape index (κ2) is 9.73. The number of piperazine rings is 1. The fraction of sp³-hybridized carbons (Fsp3) is 0.600. The van der Waals surface area contributed by atoms with Gasteiger partial charge in [-0.1, -0.05) is 24.3 Å². The van der Waals surface area contributed by atoms with Crippen LogP contribution in [0.15, 0.2) is 36.4 Å². The quantitative estimate of drug-likeness (QED) is 0.492. The molecule has 3 fully saturated rings. The summed E-state index contributed by atoms with van der Waals surface area (Å²) in [6.45, 7) is 11.0. The third-order valence-electron chi connectivity index (χ3n) is 7.16. The van der Waals surface area contributed by atoms with Crippen LogP contribution in [0.2, 0.25) is 0 Å². The fourth-order valence-corrected chi connectivity index (χ4v) is 5.25. The molecule has 1 aromatic carbocycles. The van der Waals surface area contributed by atoms with Gasteiger partial charge in [0.15, 0.2) is 0 Å². The van der Waals surface area contributed by atoms with E-state index in [0.29, 0.717) is 19.6 Å². The first-order valence-electron chi connectivity index (χ1n) is 11.7. The summed E-state index contributed by atoms with van der Waals surface area (Å²) in [5.41, 5.74) is 2.59. The maximum atomic E-state index is 12.5. The van der Waals surface area contributed by atoms with Crippen molar-refractivity contribution in [3.8, 4) is 0 Å². The van der Waals surface area contributed by atoms with Crippen molar-refractivity contribution in [1.29, 1.82) is 0 Å². The third kappa shape index (κ3) is 5.22. The molecule has 1 aromatic rings. The lowest BCUT2D eigenvalue weighted by molar-refractivity contribution is -0.146. The molecule has 2 saturated heterocycles. The van der Waals surface area contributed by atoms with Crippen molar-refractivity contribution >= 4 is 17.6 Å². The van der Waals surface area contributed by atoms with E-state index >= 15 is 0 Å². The van der Waals surface area contributed by atoms with Gasteiger partial charge in [-0.05, 0) is 51.1 Å². The minimum Gasteiger partial charge on any atom is -0.465 e. The van der Waals surface area contributed by atoms with Gasteiger partial charge in [-0.15, -0.1) is 0 Å². The predicted octanol–water partition coefficient (Wildman–Crippen LogP) is 1.86. The van der Waals surface area contributed by atoms with Crippen LogP contribution in [0.25, 0.3) is 0 Å². The Morgan fingerprint density at radius 2 is 1.88 bits per heavy atom. The Bertz CT molecular complexity index is 845. The number of hydrogen-bond donors (Lipinski definition) is 1. The molecule has 2 aliphatic heterocycles. The van der Waals surface area contributed by atoms with Gasteiger partial charge in [0, 0.05) is 50.9 Å². The lowest BCUT2D eigenvalue weighted by Crippen LogP contribution is -2.49. The van der Waals surface area contributed by atoms with E-state index < -0.39 is 5.41 Å². The number of nitrogens with zero attached hydrogens (tertiary/aromatic N) is 3. The number of cyclic esters (lactones) is 1. The van der Waals surface area contributed by atoms with Crippen LogP contribution in [0.4, 0.5) is 5.69 Å². The zero-order chi connectivity index (χ0) is 22.7. The van der Waals surface area contributed by atoms with E-state index in [1.165, 1.54) is 0 Å². The molecule has 0 aromatic heterocycles. The van der Waals surface area contributed by atoms with Crippen LogP contribution >= 0.6 is 0 Å². The number of likely N-dealkylation sites (N-methyl/N-ethyl adjacent to an activating group) is 1. The molecular formula is C25H36N4O3. The van der Waals surface area contributed by atoms with Crippen molar-refractivity contribution in [2.24, 2.45) is 11.3 Å². The van der Waals surface area contributed by atoms with Gasteiger partial charge in [-0.3, -0.25) is 19.4 Å². The third-order valence-corrected chi connectivity index (χ3v) is 7.16. The topological polar surface area (TPSA) is 65.1 Å². The van der Waals surface area contributed by atoms with E-state index in [2.05, 4.69) is 40.7 Å². The second-order valence-electron chi connectivity index (χ2n) is 9.93. The van der Waals surface area contributed by atoms with Crippen LogP contribution in [0, 0.1) is 11.3 Å². The smallest absolute Gasteiger partial charge is 0.313 e. The lowest BCUT2D eigenvalue weighted by Gasteiger charge is -2.34. The number of carbonyl (C=O) groups excluding carboxylic acids is 2.